The van der Waals surface area contributed by atoms with Crippen molar-refractivity contribution in [2.24, 2.45) is 5.92 Å². The average molecular weight is 313 g/mol. The predicted octanol–water partition coefficient (Wildman–Crippen LogP) is 1.75. The summed E-state index contributed by atoms with van der Waals surface area (Å²) in [5, 5.41) is 12.6. The Morgan fingerprint density at radius 3 is 2.50 bits per heavy atom. The number of likely N-dealkylation sites (tertiary alicyclic amines) is 1. The van der Waals surface area contributed by atoms with Gasteiger partial charge in [0.25, 0.3) is 5.09 Å². The number of hydrogen-bond acceptors (Lipinski definition) is 5. The van der Waals surface area contributed by atoms with Gasteiger partial charge in [0.05, 0.1) is 0 Å². The second kappa shape index (κ2) is 8.92. The SMILES string of the molecule is O=C(CC1CCC(O[N+](=O)[O-])CC1)NCCN1CCCCC1. The highest BCUT2D eigenvalue weighted by Crippen LogP contribution is 2.28. The Morgan fingerprint density at radius 2 is 1.86 bits per heavy atom. The van der Waals surface area contributed by atoms with E-state index >= 15 is 0 Å². The predicted molar refractivity (Wildman–Crippen MR) is 81.7 cm³/mol. The van der Waals surface area contributed by atoms with Gasteiger partial charge in [-0.1, -0.05) is 6.42 Å². The van der Waals surface area contributed by atoms with E-state index in [0.29, 0.717) is 25.2 Å². The van der Waals surface area contributed by atoms with Crippen LogP contribution in [0.1, 0.15) is 51.4 Å². The molecule has 0 radical (unpaired) electrons. The van der Waals surface area contributed by atoms with E-state index in [1.165, 1.54) is 19.3 Å². The molecule has 1 amide bonds. The van der Waals surface area contributed by atoms with Crippen LogP contribution >= 0.6 is 0 Å². The van der Waals surface area contributed by atoms with Crippen molar-refractivity contribution in [3.8, 4) is 0 Å². The van der Waals surface area contributed by atoms with Crippen LogP contribution < -0.4 is 5.32 Å². The lowest BCUT2D eigenvalue weighted by Gasteiger charge is -2.27. The molecule has 22 heavy (non-hydrogen) atoms. The van der Waals surface area contributed by atoms with Gasteiger partial charge in [0.15, 0.2) is 0 Å². The van der Waals surface area contributed by atoms with Crippen LogP contribution in [-0.4, -0.2) is 48.2 Å². The zero-order valence-electron chi connectivity index (χ0n) is 13.2. The Morgan fingerprint density at radius 1 is 1.18 bits per heavy atom. The van der Waals surface area contributed by atoms with Crippen LogP contribution in [0.2, 0.25) is 0 Å². The number of rotatable bonds is 7. The molecule has 1 saturated carbocycles. The summed E-state index contributed by atoms with van der Waals surface area (Å²) in [7, 11) is 0. The van der Waals surface area contributed by atoms with Gasteiger partial charge in [-0.15, -0.1) is 10.1 Å². The zero-order valence-corrected chi connectivity index (χ0v) is 13.2. The van der Waals surface area contributed by atoms with Gasteiger partial charge in [0, 0.05) is 19.5 Å². The number of carbonyl (C=O) groups is 1. The number of amides is 1. The fraction of sp³-hybridized carbons (Fsp3) is 0.933. The summed E-state index contributed by atoms with van der Waals surface area (Å²) >= 11 is 0. The lowest BCUT2D eigenvalue weighted by atomic mass is 9.85. The minimum Gasteiger partial charge on any atom is -0.355 e. The highest BCUT2D eigenvalue weighted by atomic mass is 17.0. The monoisotopic (exact) mass is 313 g/mol. The number of nitrogens with one attached hydrogen (secondary N) is 1. The van der Waals surface area contributed by atoms with Crippen LogP contribution in [0.15, 0.2) is 0 Å². The van der Waals surface area contributed by atoms with Crippen molar-refractivity contribution in [3.05, 3.63) is 10.1 Å². The van der Waals surface area contributed by atoms with Crippen molar-refractivity contribution in [2.75, 3.05) is 26.2 Å². The molecule has 1 saturated heterocycles. The van der Waals surface area contributed by atoms with E-state index in [0.717, 1.165) is 39.0 Å². The molecule has 1 aliphatic heterocycles. The second-order valence-corrected chi connectivity index (χ2v) is 6.43. The first-order valence-corrected chi connectivity index (χ1v) is 8.43. The van der Waals surface area contributed by atoms with E-state index in [1.807, 2.05) is 0 Å². The quantitative estimate of drug-likeness (QED) is 0.572. The van der Waals surface area contributed by atoms with Crippen molar-refractivity contribution in [3.63, 3.8) is 0 Å². The Balaban J connectivity index is 1.54. The maximum Gasteiger partial charge on any atom is 0.294 e. The largest absolute Gasteiger partial charge is 0.355 e. The Hall–Kier alpha value is -1.37. The highest BCUT2D eigenvalue weighted by Gasteiger charge is 2.25. The molecule has 0 aromatic heterocycles. The van der Waals surface area contributed by atoms with E-state index in [1.54, 1.807) is 0 Å². The van der Waals surface area contributed by atoms with Crippen LogP contribution in [0.25, 0.3) is 0 Å². The van der Waals surface area contributed by atoms with Gasteiger partial charge >= 0.3 is 0 Å². The third-order valence-corrected chi connectivity index (χ3v) is 4.70. The number of piperidine rings is 1. The molecule has 2 aliphatic rings. The molecule has 2 rings (SSSR count). The fourth-order valence-electron chi connectivity index (χ4n) is 3.43. The fourth-order valence-corrected chi connectivity index (χ4v) is 3.43. The first-order chi connectivity index (χ1) is 10.6. The van der Waals surface area contributed by atoms with Gasteiger partial charge in [0.2, 0.25) is 5.91 Å². The smallest absolute Gasteiger partial charge is 0.294 e. The lowest BCUT2D eigenvalue weighted by molar-refractivity contribution is -0.769. The molecule has 0 atom stereocenters. The maximum atomic E-state index is 11.9. The van der Waals surface area contributed by atoms with Crippen LogP contribution in [0.4, 0.5) is 0 Å². The molecule has 1 N–H and O–H groups in total. The van der Waals surface area contributed by atoms with Crippen LogP contribution in [-0.2, 0) is 9.63 Å². The van der Waals surface area contributed by atoms with E-state index in [-0.39, 0.29) is 12.0 Å². The third-order valence-electron chi connectivity index (χ3n) is 4.70. The molecule has 1 heterocycles. The van der Waals surface area contributed by atoms with Crippen LogP contribution in [0.3, 0.4) is 0 Å². The van der Waals surface area contributed by atoms with Gasteiger partial charge in [-0.3, -0.25) is 4.79 Å². The van der Waals surface area contributed by atoms with Crippen LogP contribution in [0, 0.1) is 16.0 Å². The number of carbonyl (C=O) groups excluding carboxylic acids is 1. The summed E-state index contributed by atoms with van der Waals surface area (Å²) < 4.78 is 0. The van der Waals surface area contributed by atoms with Gasteiger partial charge in [-0.05, 0) is 57.5 Å². The minimum atomic E-state index is -0.710. The van der Waals surface area contributed by atoms with E-state index in [4.69, 9.17) is 0 Å². The first kappa shape index (κ1) is 17.0. The van der Waals surface area contributed by atoms with Gasteiger partial charge in [0.1, 0.15) is 6.10 Å². The van der Waals surface area contributed by atoms with E-state index in [9.17, 15) is 14.9 Å². The van der Waals surface area contributed by atoms with Crippen molar-refractivity contribution >= 4 is 5.91 Å². The first-order valence-electron chi connectivity index (χ1n) is 8.43. The summed E-state index contributed by atoms with van der Waals surface area (Å²) in [5.41, 5.74) is 0. The van der Waals surface area contributed by atoms with Gasteiger partial charge < -0.3 is 15.1 Å². The summed E-state index contributed by atoms with van der Waals surface area (Å²) in [4.78, 5) is 29.2. The highest BCUT2D eigenvalue weighted by molar-refractivity contribution is 5.76. The zero-order chi connectivity index (χ0) is 15.8. The lowest BCUT2D eigenvalue weighted by Crippen LogP contribution is -2.38. The number of nitrogens with zero attached hydrogens (tertiary/aromatic N) is 2. The second-order valence-electron chi connectivity index (χ2n) is 6.43. The molecule has 0 unspecified atom stereocenters. The molecule has 0 spiro atoms. The summed E-state index contributed by atoms with van der Waals surface area (Å²) in [6, 6.07) is 0. The molecule has 126 valence electrons. The molecule has 1 aliphatic carbocycles. The Labute approximate surface area is 131 Å². The molecule has 0 bridgehead atoms. The Bertz CT molecular complexity index is 364. The molecule has 0 aromatic rings. The van der Waals surface area contributed by atoms with Crippen molar-refractivity contribution in [2.45, 2.75) is 57.5 Å². The topological polar surface area (TPSA) is 84.7 Å². The van der Waals surface area contributed by atoms with Crippen LogP contribution in [0.5, 0.6) is 0 Å². The Kier molecular flexibility index (Phi) is 6.89. The summed E-state index contributed by atoms with van der Waals surface area (Å²) in [5.74, 6) is 0.442. The molecule has 7 nitrogen and oxygen atoms in total. The minimum absolute atomic E-state index is 0.107. The van der Waals surface area contributed by atoms with Gasteiger partial charge in [-0.25, -0.2) is 0 Å². The number of hydrogen-bond donors (Lipinski definition) is 1. The molecular formula is C15H27N3O4. The van der Waals surface area contributed by atoms with Crippen molar-refractivity contribution < 1.29 is 14.7 Å². The normalized spacial score (nSPS) is 26.4. The molecule has 2 fully saturated rings. The average Bonchev–Trinajstić information content (AvgIpc) is 2.50. The summed E-state index contributed by atoms with van der Waals surface area (Å²) in [6.07, 6.45) is 7.12. The maximum absolute atomic E-state index is 11.9. The molecule has 7 heteroatoms. The van der Waals surface area contributed by atoms with E-state index in [2.05, 4.69) is 15.1 Å². The summed E-state index contributed by atoms with van der Waals surface area (Å²) in [6.45, 7) is 3.96. The van der Waals surface area contributed by atoms with Crippen molar-refractivity contribution in [1.82, 2.24) is 10.2 Å². The molecular weight excluding hydrogens is 286 g/mol. The molecule has 0 aromatic carbocycles. The van der Waals surface area contributed by atoms with E-state index < -0.39 is 5.09 Å². The van der Waals surface area contributed by atoms with Gasteiger partial charge in [-0.2, -0.15) is 0 Å². The third kappa shape index (κ3) is 6.17. The standard InChI is InChI=1S/C15H27N3O4/c19-15(16-8-11-17-9-2-1-3-10-17)12-13-4-6-14(7-5-13)22-18(20)21/h13-14H,1-12H2,(H,16,19). The van der Waals surface area contributed by atoms with Crippen molar-refractivity contribution in [1.29, 1.82) is 0 Å².